The summed E-state index contributed by atoms with van der Waals surface area (Å²) in [6.07, 6.45) is 0. The van der Waals surface area contributed by atoms with Crippen LogP contribution in [-0.4, -0.2) is 32.2 Å². The molecule has 11 heteroatoms. The molecule has 0 bridgehead atoms. The predicted octanol–water partition coefficient (Wildman–Crippen LogP) is 4.51. The first kappa shape index (κ1) is 22.6. The van der Waals surface area contributed by atoms with Crippen LogP contribution in [0.15, 0.2) is 81.3 Å². The number of fused-ring (bicyclic) bond motifs is 1. The van der Waals surface area contributed by atoms with Gasteiger partial charge in [0.2, 0.25) is 5.91 Å². The summed E-state index contributed by atoms with van der Waals surface area (Å²) < 4.78 is 52.5. The van der Waals surface area contributed by atoms with E-state index in [2.05, 4.69) is 15.0 Å². The maximum Gasteiger partial charge on any atom is 0.262 e. The first-order valence-corrected chi connectivity index (χ1v) is 12.1. The van der Waals surface area contributed by atoms with Gasteiger partial charge in [0, 0.05) is 0 Å². The van der Waals surface area contributed by atoms with Gasteiger partial charge >= 0.3 is 0 Å². The van der Waals surface area contributed by atoms with Gasteiger partial charge in [0.25, 0.3) is 15.2 Å². The van der Waals surface area contributed by atoms with Crippen molar-refractivity contribution in [2.75, 3.05) is 22.9 Å². The van der Waals surface area contributed by atoms with Crippen LogP contribution in [0.4, 0.5) is 15.8 Å². The number of benzene rings is 3. The molecule has 4 rings (SSSR count). The highest BCUT2D eigenvalue weighted by molar-refractivity contribution is 7.99. The Labute approximate surface area is 193 Å². The lowest BCUT2D eigenvalue weighted by Crippen LogP contribution is -2.14. The molecule has 0 unspecified atom stereocenters. The number of aromatic nitrogens is 1. The van der Waals surface area contributed by atoms with Crippen LogP contribution in [-0.2, 0) is 14.8 Å². The number of rotatable bonds is 8. The summed E-state index contributed by atoms with van der Waals surface area (Å²) in [6, 6.07) is 16.8. The van der Waals surface area contributed by atoms with Crippen molar-refractivity contribution in [3.63, 3.8) is 0 Å². The first-order valence-electron chi connectivity index (χ1n) is 9.59. The minimum atomic E-state index is -3.91. The van der Waals surface area contributed by atoms with Crippen LogP contribution in [0.2, 0.25) is 0 Å². The monoisotopic (exact) mass is 487 g/mol. The van der Waals surface area contributed by atoms with E-state index >= 15 is 0 Å². The lowest BCUT2D eigenvalue weighted by atomic mass is 10.3. The second-order valence-electron chi connectivity index (χ2n) is 6.73. The summed E-state index contributed by atoms with van der Waals surface area (Å²) >= 11 is 1.01. The van der Waals surface area contributed by atoms with Crippen LogP contribution in [0.5, 0.6) is 5.75 Å². The van der Waals surface area contributed by atoms with E-state index in [-0.39, 0.29) is 21.6 Å². The molecule has 33 heavy (non-hydrogen) atoms. The van der Waals surface area contributed by atoms with Crippen LogP contribution in [0, 0.1) is 5.82 Å². The van der Waals surface area contributed by atoms with Crippen molar-refractivity contribution in [1.82, 2.24) is 4.98 Å². The Hall–Kier alpha value is -3.57. The molecule has 0 radical (unpaired) electrons. The maximum atomic E-state index is 13.7. The van der Waals surface area contributed by atoms with E-state index in [1.165, 1.54) is 43.5 Å². The van der Waals surface area contributed by atoms with Crippen LogP contribution in [0.1, 0.15) is 0 Å². The van der Waals surface area contributed by atoms with Crippen molar-refractivity contribution in [3.05, 3.63) is 72.5 Å². The van der Waals surface area contributed by atoms with Gasteiger partial charge < -0.3 is 14.5 Å². The molecule has 1 amide bonds. The highest BCUT2D eigenvalue weighted by atomic mass is 32.2. The highest BCUT2D eigenvalue weighted by Gasteiger charge is 2.19. The first-order chi connectivity index (χ1) is 15.9. The molecular formula is C22H18FN3O5S2. The van der Waals surface area contributed by atoms with Crippen molar-refractivity contribution in [2.24, 2.45) is 0 Å². The molecule has 0 spiro atoms. The Balaban J connectivity index is 1.47. The molecule has 0 saturated heterocycles. The van der Waals surface area contributed by atoms with E-state index in [4.69, 9.17) is 9.15 Å². The molecule has 0 aliphatic carbocycles. The quantitative estimate of drug-likeness (QED) is 0.352. The fourth-order valence-corrected chi connectivity index (χ4v) is 4.65. The van der Waals surface area contributed by atoms with E-state index in [0.29, 0.717) is 22.5 Å². The summed E-state index contributed by atoms with van der Waals surface area (Å²) in [6.45, 7) is 0. The number of anilines is 2. The van der Waals surface area contributed by atoms with Crippen molar-refractivity contribution in [1.29, 1.82) is 0 Å². The topological polar surface area (TPSA) is 111 Å². The lowest BCUT2D eigenvalue weighted by Gasteiger charge is -2.11. The van der Waals surface area contributed by atoms with Gasteiger partial charge in [-0.25, -0.2) is 17.8 Å². The van der Waals surface area contributed by atoms with Crippen molar-refractivity contribution < 1.29 is 26.8 Å². The Morgan fingerprint density at radius 1 is 1.09 bits per heavy atom. The van der Waals surface area contributed by atoms with E-state index in [1.807, 2.05) is 0 Å². The molecular weight excluding hydrogens is 469 g/mol. The Bertz CT molecular complexity index is 1420. The van der Waals surface area contributed by atoms with Crippen LogP contribution < -0.4 is 14.8 Å². The number of oxazole rings is 1. The molecule has 170 valence electrons. The fourth-order valence-electron chi connectivity index (χ4n) is 2.92. The van der Waals surface area contributed by atoms with Gasteiger partial charge in [0.05, 0.1) is 29.1 Å². The van der Waals surface area contributed by atoms with Gasteiger partial charge in [-0.05, 0) is 42.5 Å². The van der Waals surface area contributed by atoms with E-state index in [1.54, 1.807) is 30.3 Å². The highest BCUT2D eigenvalue weighted by Crippen LogP contribution is 2.29. The standard InChI is InChI=1S/C22H18FN3O5S2/c1-30-19-9-5-4-8-17(19)26-33(28,29)14-10-11-20-18(12-14)25-22(31-20)32-13-21(27)24-16-7-3-2-6-15(16)23/h2-12,26H,13H2,1H3,(H,24,27). The number of ether oxygens (including phenoxy) is 1. The van der Waals surface area contributed by atoms with Crippen molar-refractivity contribution in [2.45, 2.75) is 10.1 Å². The molecule has 0 fully saturated rings. The molecule has 0 atom stereocenters. The molecule has 4 aromatic rings. The Morgan fingerprint density at radius 2 is 1.82 bits per heavy atom. The maximum absolute atomic E-state index is 13.7. The van der Waals surface area contributed by atoms with Crippen LogP contribution >= 0.6 is 11.8 Å². The lowest BCUT2D eigenvalue weighted by molar-refractivity contribution is -0.113. The molecule has 2 N–H and O–H groups in total. The number of hydrogen-bond donors (Lipinski definition) is 2. The Morgan fingerprint density at radius 3 is 2.58 bits per heavy atom. The summed E-state index contributed by atoms with van der Waals surface area (Å²) in [7, 11) is -2.46. The molecule has 1 heterocycles. The number of para-hydroxylation sites is 3. The number of nitrogens with one attached hydrogen (secondary N) is 2. The van der Waals surface area contributed by atoms with Crippen LogP contribution in [0.25, 0.3) is 11.1 Å². The third-order valence-electron chi connectivity index (χ3n) is 4.48. The third kappa shape index (κ3) is 5.26. The summed E-state index contributed by atoms with van der Waals surface area (Å²) in [4.78, 5) is 16.3. The van der Waals surface area contributed by atoms with Gasteiger partial charge in [-0.3, -0.25) is 9.52 Å². The van der Waals surface area contributed by atoms with E-state index in [0.717, 1.165) is 11.8 Å². The number of thioether (sulfide) groups is 1. The SMILES string of the molecule is COc1ccccc1NS(=O)(=O)c1ccc2oc(SCC(=O)Nc3ccccc3F)nc2c1. The number of hydrogen-bond acceptors (Lipinski definition) is 7. The normalized spacial score (nSPS) is 11.3. The number of carbonyl (C=O) groups excluding carboxylic acids is 1. The largest absolute Gasteiger partial charge is 0.495 e. The summed E-state index contributed by atoms with van der Waals surface area (Å²) in [5.41, 5.74) is 1.06. The average Bonchev–Trinajstić information content (AvgIpc) is 3.22. The molecule has 3 aromatic carbocycles. The minimum Gasteiger partial charge on any atom is -0.495 e. The van der Waals surface area contributed by atoms with E-state index < -0.39 is 21.7 Å². The number of amides is 1. The zero-order valence-corrected chi connectivity index (χ0v) is 18.9. The number of carbonyl (C=O) groups is 1. The van der Waals surface area contributed by atoms with Crippen LogP contribution in [0.3, 0.4) is 0 Å². The van der Waals surface area contributed by atoms with Gasteiger partial charge in [0.1, 0.15) is 17.1 Å². The predicted molar refractivity (Wildman–Crippen MR) is 124 cm³/mol. The minimum absolute atomic E-state index is 0.0111. The van der Waals surface area contributed by atoms with Gasteiger partial charge in [-0.15, -0.1) is 0 Å². The zero-order valence-electron chi connectivity index (χ0n) is 17.2. The number of nitrogens with zero attached hydrogens (tertiary/aromatic N) is 1. The van der Waals surface area contributed by atoms with Crippen molar-refractivity contribution >= 4 is 50.2 Å². The van der Waals surface area contributed by atoms with Gasteiger partial charge in [-0.1, -0.05) is 36.0 Å². The molecule has 8 nitrogen and oxygen atoms in total. The molecule has 0 aliphatic heterocycles. The number of halogens is 1. The molecule has 1 aromatic heterocycles. The third-order valence-corrected chi connectivity index (χ3v) is 6.67. The molecule has 0 saturated carbocycles. The average molecular weight is 488 g/mol. The Kier molecular flexibility index (Phi) is 6.52. The van der Waals surface area contributed by atoms with E-state index in [9.17, 15) is 17.6 Å². The second kappa shape index (κ2) is 9.51. The second-order valence-corrected chi connectivity index (χ2v) is 9.34. The smallest absolute Gasteiger partial charge is 0.262 e. The fraction of sp³-hybridized carbons (Fsp3) is 0.0909. The van der Waals surface area contributed by atoms with Gasteiger partial charge in [0.15, 0.2) is 5.58 Å². The number of methoxy groups -OCH3 is 1. The number of sulfonamides is 1. The van der Waals surface area contributed by atoms with Crippen molar-refractivity contribution in [3.8, 4) is 5.75 Å². The zero-order chi connectivity index (χ0) is 23.4. The van der Waals surface area contributed by atoms with Gasteiger partial charge in [-0.2, -0.15) is 0 Å². The summed E-state index contributed by atoms with van der Waals surface area (Å²) in [5, 5.41) is 2.66. The molecule has 0 aliphatic rings. The summed E-state index contributed by atoms with van der Waals surface area (Å²) in [5.74, 6) is -0.650.